The molecule has 0 fully saturated rings. The van der Waals surface area contributed by atoms with E-state index < -0.39 is 0 Å². The molecule has 0 aromatic rings. The van der Waals surface area contributed by atoms with Crippen molar-refractivity contribution in [3.05, 3.63) is 10.2 Å². The monoisotopic (exact) mass is 282 g/mol. The molecule has 0 radical (unpaired) electrons. The molecule has 12 heavy (non-hydrogen) atoms. The standard InChI is InChI=1S/C10H21IN/c1-12(2,3)10-8-6-4-5-7-9-11/h7,9H,4-6,8,10H2,1-3H3/q+1. The largest absolute Gasteiger partial charge is 0.331 e. The second kappa shape index (κ2) is 6.89. The van der Waals surface area contributed by atoms with Crippen LogP contribution in [0, 0.1) is 0 Å². The minimum Gasteiger partial charge on any atom is -0.331 e. The highest BCUT2D eigenvalue weighted by molar-refractivity contribution is 14.1. The van der Waals surface area contributed by atoms with Crippen LogP contribution in [0.25, 0.3) is 0 Å². The van der Waals surface area contributed by atoms with Crippen molar-refractivity contribution < 1.29 is 4.48 Å². The van der Waals surface area contributed by atoms with Gasteiger partial charge in [-0.25, -0.2) is 0 Å². The van der Waals surface area contributed by atoms with Gasteiger partial charge < -0.3 is 4.48 Å². The second-order valence-corrected chi connectivity index (χ2v) is 4.94. The topological polar surface area (TPSA) is 0 Å². The Morgan fingerprint density at radius 1 is 1.08 bits per heavy atom. The van der Waals surface area contributed by atoms with E-state index in [9.17, 15) is 0 Å². The van der Waals surface area contributed by atoms with Crippen molar-refractivity contribution in [2.24, 2.45) is 0 Å². The molecule has 0 bridgehead atoms. The molecule has 0 aliphatic rings. The number of hydrogen-bond acceptors (Lipinski definition) is 0. The highest BCUT2D eigenvalue weighted by atomic mass is 127. The molecule has 0 N–H and O–H groups in total. The number of quaternary nitrogens is 1. The minimum atomic E-state index is 1.10. The third-order valence-corrected chi connectivity index (χ3v) is 2.30. The van der Waals surface area contributed by atoms with Gasteiger partial charge in [-0.2, -0.15) is 0 Å². The molecule has 0 rings (SSSR count). The molecule has 0 unspecified atom stereocenters. The van der Waals surface area contributed by atoms with E-state index in [0.717, 1.165) is 4.48 Å². The van der Waals surface area contributed by atoms with Gasteiger partial charge >= 0.3 is 0 Å². The van der Waals surface area contributed by atoms with Crippen LogP contribution in [0.1, 0.15) is 25.7 Å². The number of unbranched alkanes of at least 4 members (excludes halogenated alkanes) is 3. The fourth-order valence-corrected chi connectivity index (χ4v) is 1.45. The zero-order chi connectivity index (χ0) is 9.45. The first-order valence-electron chi connectivity index (χ1n) is 4.62. The van der Waals surface area contributed by atoms with E-state index in [1.54, 1.807) is 0 Å². The molecule has 0 saturated heterocycles. The third kappa shape index (κ3) is 10.4. The van der Waals surface area contributed by atoms with Crippen LogP contribution >= 0.6 is 22.6 Å². The van der Waals surface area contributed by atoms with Crippen molar-refractivity contribution in [2.45, 2.75) is 25.7 Å². The molecule has 0 spiro atoms. The Bertz CT molecular complexity index is 124. The fraction of sp³-hybridized carbons (Fsp3) is 0.800. The van der Waals surface area contributed by atoms with E-state index in [2.05, 4.69) is 53.9 Å². The summed E-state index contributed by atoms with van der Waals surface area (Å²) in [4.78, 5) is 0. The van der Waals surface area contributed by atoms with Crippen molar-refractivity contribution in [2.75, 3.05) is 27.7 Å². The summed E-state index contributed by atoms with van der Waals surface area (Å²) in [6.07, 6.45) is 7.57. The average Bonchev–Trinajstić information content (AvgIpc) is 1.94. The van der Waals surface area contributed by atoms with Crippen molar-refractivity contribution >= 4 is 22.6 Å². The average molecular weight is 282 g/mol. The Morgan fingerprint density at radius 2 is 1.75 bits per heavy atom. The van der Waals surface area contributed by atoms with Crippen LogP contribution in [-0.4, -0.2) is 32.2 Å². The SMILES string of the molecule is C[N+](C)(C)CCCCCC=CI. The molecule has 1 nitrogen and oxygen atoms in total. The maximum Gasteiger partial charge on any atom is 0.0780 e. The number of nitrogens with zero attached hydrogens (tertiary/aromatic N) is 1. The molecule has 0 aliphatic carbocycles. The molecule has 0 heterocycles. The summed E-state index contributed by atoms with van der Waals surface area (Å²) >= 11 is 2.28. The van der Waals surface area contributed by atoms with Gasteiger partial charge in [-0.3, -0.25) is 0 Å². The van der Waals surface area contributed by atoms with E-state index in [1.807, 2.05) is 0 Å². The van der Waals surface area contributed by atoms with Gasteiger partial charge in [0.1, 0.15) is 0 Å². The lowest BCUT2D eigenvalue weighted by Gasteiger charge is -2.23. The van der Waals surface area contributed by atoms with Gasteiger partial charge in [0, 0.05) is 0 Å². The maximum atomic E-state index is 2.28. The first-order valence-corrected chi connectivity index (χ1v) is 5.86. The van der Waals surface area contributed by atoms with Crippen molar-refractivity contribution in [1.29, 1.82) is 0 Å². The number of halogens is 1. The zero-order valence-corrected chi connectivity index (χ0v) is 10.7. The maximum absolute atomic E-state index is 2.28. The summed E-state index contributed by atoms with van der Waals surface area (Å²) in [5.41, 5.74) is 0. The van der Waals surface area contributed by atoms with Crippen LogP contribution < -0.4 is 0 Å². The van der Waals surface area contributed by atoms with Crippen LogP contribution in [-0.2, 0) is 0 Å². The van der Waals surface area contributed by atoms with Crippen LogP contribution in [0.4, 0.5) is 0 Å². The Labute approximate surface area is 90.6 Å². The Balaban J connectivity index is 3.11. The summed E-state index contributed by atoms with van der Waals surface area (Å²) in [5.74, 6) is 0. The molecular formula is C10H21IN+. The molecule has 0 saturated carbocycles. The lowest BCUT2D eigenvalue weighted by molar-refractivity contribution is -0.870. The summed E-state index contributed by atoms with van der Waals surface area (Å²) in [7, 11) is 6.76. The Hall–Kier alpha value is 0.430. The summed E-state index contributed by atoms with van der Waals surface area (Å²) in [6.45, 7) is 1.30. The van der Waals surface area contributed by atoms with E-state index in [-0.39, 0.29) is 0 Å². The van der Waals surface area contributed by atoms with Crippen LogP contribution in [0.3, 0.4) is 0 Å². The number of rotatable bonds is 6. The molecule has 0 amide bonds. The molecule has 0 aliphatic heterocycles. The Morgan fingerprint density at radius 3 is 2.25 bits per heavy atom. The highest BCUT2D eigenvalue weighted by Crippen LogP contribution is 2.04. The summed E-state index contributed by atoms with van der Waals surface area (Å²) < 4.78 is 3.21. The minimum absolute atomic E-state index is 1.10. The van der Waals surface area contributed by atoms with Crippen LogP contribution in [0.2, 0.25) is 0 Å². The number of hydrogen-bond donors (Lipinski definition) is 0. The normalized spacial score (nSPS) is 12.7. The van der Waals surface area contributed by atoms with Gasteiger partial charge in [-0.05, 0) is 29.8 Å². The summed E-state index contributed by atoms with van der Waals surface area (Å²) in [6, 6.07) is 0. The van der Waals surface area contributed by atoms with E-state index in [4.69, 9.17) is 0 Å². The molecular weight excluding hydrogens is 261 g/mol. The molecule has 0 aromatic heterocycles. The molecule has 0 atom stereocenters. The highest BCUT2D eigenvalue weighted by Gasteiger charge is 2.04. The molecule has 0 aromatic carbocycles. The van der Waals surface area contributed by atoms with E-state index >= 15 is 0 Å². The Kier molecular flexibility index (Phi) is 7.14. The third-order valence-electron chi connectivity index (χ3n) is 1.79. The van der Waals surface area contributed by atoms with Gasteiger partial charge in [0.15, 0.2) is 0 Å². The predicted octanol–water partition coefficient (Wildman–Crippen LogP) is 3.20. The van der Waals surface area contributed by atoms with Gasteiger partial charge in [-0.1, -0.05) is 28.7 Å². The van der Waals surface area contributed by atoms with Gasteiger partial charge in [-0.15, -0.1) is 0 Å². The molecule has 2 heteroatoms. The van der Waals surface area contributed by atoms with Crippen LogP contribution in [0.15, 0.2) is 10.2 Å². The van der Waals surface area contributed by atoms with E-state index in [0.29, 0.717) is 0 Å². The van der Waals surface area contributed by atoms with Gasteiger partial charge in [0.25, 0.3) is 0 Å². The van der Waals surface area contributed by atoms with E-state index in [1.165, 1.54) is 32.2 Å². The lowest BCUT2D eigenvalue weighted by atomic mass is 10.2. The molecule has 72 valence electrons. The quantitative estimate of drug-likeness (QED) is 0.399. The number of allylic oxidation sites excluding steroid dienone is 1. The lowest BCUT2D eigenvalue weighted by Crippen LogP contribution is -2.35. The van der Waals surface area contributed by atoms with Crippen LogP contribution in [0.5, 0.6) is 0 Å². The first-order chi connectivity index (χ1) is 5.56. The summed E-state index contributed by atoms with van der Waals surface area (Å²) in [5, 5.41) is 0. The van der Waals surface area contributed by atoms with Crippen molar-refractivity contribution in [1.82, 2.24) is 0 Å². The second-order valence-electron chi connectivity index (χ2n) is 4.22. The van der Waals surface area contributed by atoms with Crippen molar-refractivity contribution in [3.63, 3.8) is 0 Å². The van der Waals surface area contributed by atoms with Gasteiger partial charge in [0.2, 0.25) is 0 Å². The van der Waals surface area contributed by atoms with Crippen molar-refractivity contribution in [3.8, 4) is 0 Å². The fourth-order valence-electron chi connectivity index (χ4n) is 1.09. The zero-order valence-electron chi connectivity index (χ0n) is 8.52. The van der Waals surface area contributed by atoms with Gasteiger partial charge in [0.05, 0.1) is 27.7 Å². The predicted molar refractivity (Wildman–Crippen MR) is 64.5 cm³/mol. The smallest absolute Gasteiger partial charge is 0.0780 e. The first kappa shape index (κ1) is 12.4.